The number of rotatable bonds is 4. The first kappa shape index (κ1) is 20.4. The van der Waals surface area contributed by atoms with Crippen LogP contribution in [0.25, 0.3) is 0 Å². The summed E-state index contributed by atoms with van der Waals surface area (Å²) < 4.78 is 5.45. The molecule has 0 bridgehead atoms. The van der Waals surface area contributed by atoms with Crippen LogP contribution in [0.2, 0.25) is 0 Å². The summed E-state index contributed by atoms with van der Waals surface area (Å²) in [6.07, 6.45) is 1.36. The Kier molecular flexibility index (Phi) is 6.39. The highest BCUT2D eigenvalue weighted by Crippen LogP contribution is 2.26. The van der Waals surface area contributed by atoms with Gasteiger partial charge in [-0.15, -0.1) is 0 Å². The predicted molar refractivity (Wildman–Crippen MR) is 111 cm³/mol. The first-order valence-corrected chi connectivity index (χ1v) is 10.1. The van der Waals surface area contributed by atoms with Crippen LogP contribution in [0.4, 0.5) is 5.69 Å². The van der Waals surface area contributed by atoms with Crippen molar-refractivity contribution >= 4 is 17.5 Å². The zero-order chi connectivity index (χ0) is 20.3. The van der Waals surface area contributed by atoms with E-state index in [0.717, 1.165) is 29.9 Å². The first-order valence-electron chi connectivity index (χ1n) is 10.1. The van der Waals surface area contributed by atoms with Crippen molar-refractivity contribution in [1.82, 2.24) is 9.80 Å². The predicted octanol–water partition coefficient (Wildman–Crippen LogP) is 2.33. The van der Waals surface area contributed by atoms with Gasteiger partial charge in [0.2, 0.25) is 5.91 Å². The molecule has 2 fully saturated rings. The molecule has 0 saturated carbocycles. The van der Waals surface area contributed by atoms with E-state index in [-0.39, 0.29) is 23.8 Å². The van der Waals surface area contributed by atoms with E-state index in [4.69, 9.17) is 4.74 Å². The molecule has 0 N–H and O–H groups in total. The molecule has 2 aliphatic heterocycles. The number of benzene rings is 1. The maximum absolute atomic E-state index is 13.3. The molecule has 0 spiro atoms. The van der Waals surface area contributed by atoms with Crippen molar-refractivity contribution in [3.05, 3.63) is 42.0 Å². The highest BCUT2D eigenvalue weighted by atomic mass is 16.5. The molecule has 152 valence electrons. The number of piperazine rings is 1. The van der Waals surface area contributed by atoms with Crippen LogP contribution in [-0.4, -0.2) is 73.6 Å². The van der Waals surface area contributed by atoms with Crippen LogP contribution >= 0.6 is 0 Å². The Hall–Kier alpha value is -2.34. The molecule has 3 rings (SSSR count). The molecule has 0 aromatic heterocycles. The molecule has 0 unspecified atom stereocenters. The van der Waals surface area contributed by atoms with E-state index in [2.05, 4.69) is 31.4 Å². The Morgan fingerprint density at radius 3 is 2.54 bits per heavy atom. The van der Waals surface area contributed by atoms with Crippen LogP contribution in [0.15, 0.2) is 30.9 Å². The molecule has 1 atom stereocenters. The third-order valence-electron chi connectivity index (χ3n) is 5.82. The van der Waals surface area contributed by atoms with Gasteiger partial charge in [0.05, 0.1) is 19.3 Å². The highest BCUT2D eigenvalue weighted by molar-refractivity contribution is 5.97. The van der Waals surface area contributed by atoms with E-state index < -0.39 is 0 Å². The summed E-state index contributed by atoms with van der Waals surface area (Å²) in [4.78, 5) is 31.5. The second kappa shape index (κ2) is 8.78. The summed E-state index contributed by atoms with van der Waals surface area (Å²) in [5.41, 5.74) is 2.87. The van der Waals surface area contributed by atoms with Gasteiger partial charge < -0.3 is 19.4 Å². The Bertz CT molecular complexity index is 741. The number of hydrogen-bond donors (Lipinski definition) is 0. The fourth-order valence-corrected chi connectivity index (χ4v) is 4.13. The Balaban J connectivity index is 1.80. The molecule has 0 radical (unpaired) electrons. The van der Waals surface area contributed by atoms with Crippen molar-refractivity contribution in [2.45, 2.75) is 26.8 Å². The number of nitrogens with zero attached hydrogens (tertiary/aromatic N) is 3. The van der Waals surface area contributed by atoms with Gasteiger partial charge in [-0.3, -0.25) is 9.59 Å². The SMILES string of the molecule is C=CC(=O)N1CCN(C(=O)c2cccc(N3CCOCC3)c2C)C[C@@H]1C(C)C. The van der Waals surface area contributed by atoms with E-state index in [9.17, 15) is 9.59 Å². The zero-order valence-corrected chi connectivity index (χ0v) is 17.2. The second-order valence-electron chi connectivity index (χ2n) is 7.85. The molecule has 28 heavy (non-hydrogen) atoms. The minimum Gasteiger partial charge on any atom is -0.378 e. The molecule has 0 aliphatic carbocycles. The zero-order valence-electron chi connectivity index (χ0n) is 17.2. The Labute approximate surface area is 167 Å². The fourth-order valence-electron chi connectivity index (χ4n) is 4.13. The van der Waals surface area contributed by atoms with Gasteiger partial charge in [0, 0.05) is 44.0 Å². The number of amides is 2. The topological polar surface area (TPSA) is 53.1 Å². The lowest BCUT2D eigenvalue weighted by molar-refractivity contribution is -0.131. The third-order valence-corrected chi connectivity index (χ3v) is 5.82. The molecule has 1 aromatic rings. The van der Waals surface area contributed by atoms with E-state index >= 15 is 0 Å². The van der Waals surface area contributed by atoms with Crippen LogP contribution in [0, 0.1) is 12.8 Å². The van der Waals surface area contributed by atoms with Gasteiger partial charge in [0.15, 0.2) is 0 Å². The maximum Gasteiger partial charge on any atom is 0.254 e. The van der Waals surface area contributed by atoms with Crippen LogP contribution in [-0.2, 0) is 9.53 Å². The summed E-state index contributed by atoms with van der Waals surface area (Å²) in [6, 6.07) is 5.95. The molecule has 1 aromatic carbocycles. The van der Waals surface area contributed by atoms with Crippen LogP contribution in [0.1, 0.15) is 29.8 Å². The molecular weight excluding hydrogens is 354 g/mol. The van der Waals surface area contributed by atoms with Crippen molar-refractivity contribution in [3.8, 4) is 0 Å². The van der Waals surface area contributed by atoms with E-state index in [1.165, 1.54) is 6.08 Å². The largest absolute Gasteiger partial charge is 0.378 e. The molecule has 2 amide bonds. The summed E-state index contributed by atoms with van der Waals surface area (Å²) in [6.45, 7) is 14.6. The summed E-state index contributed by atoms with van der Waals surface area (Å²) in [7, 11) is 0. The van der Waals surface area contributed by atoms with Gasteiger partial charge in [-0.05, 0) is 36.6 Å². The van der Waals surface area contributed by atoms with Gasteiger partial charge in [-0.25, -0.2) is 0 Å². The quantitative estimate of drug-likeness (QED) is 0.747. The Morgan fingerprint density at radius 2 is 1.89 bits per heavy atom. The van der Waals surface area contributed by atoms with Gasteiger partial charge in [-0.2, -0.15) is 0 Å². The molecule has 6 nitrogen and oxygen atoms in total. The summed E-state index contributed by atoms with van der Waals surface area (Å²) in [5.74, 6) is 0.250. The average molecular weight is 386 g/mol. The van der Waals surface area contributed by atoms with E-state index in [1.807, 2.05) is 28.9 Å². The molecule has 2 aliphatic rings. The lowest BCUT2D eigenvalue weighted by atomic mass is 9.97. The van der Waals surface area contributed by atoms with E-state index in [0.29, 0.717) is 32.8 Å². The van der Waals surface area contributed by atoms with Crippen molar-refractivity contribution in [2.24, 2.45) is 5.92 Å². The number of carbonyl (C=O) groups excluding carboxylic acids is 2. The van der Waals surface area contributed by atoms with Crippen molar-refractivity contribution in [3.63, 3.8) is 0 Å². The van der Waals surface area contributed by atoms with Crippen molar-refractivity contribution in [1.29, 1.82) is 0 Å². The summed E-state index contributed by atoms with van der Waals surface area (Å²) in [5, 5.41) is 0. The number of carbonyl (C=O) groups is 2. The monoisotopic (exact) mass is 385 g/mol. The molecule has 2 saturated heterocycles. The van der Waals surface area contributed by atoms with Gasteiger partial charge in [0.25, 0.3) is 5.91 Å². The van der Waals surface area contributed by atoms with Crippen LogP contribution in [0.5, 0.6) is 0 Å². The molecule has 2 heterocycles. The van der Waals surface area contributed by atoms with Crippen LogP contribution in [0.3, 0.4) is 0 Å². The smallest absolute Gasteiger partial charge is 0.254 e. The van der Waals surface area contributed by atoms with Crippen LogP contribution < -0.4 is 4.90 Å². The first-order chi connectivity index (χ1) is 13.4. The minimum absolute atomic E-state index is 0.00549. The molecule has 6 heteroatoms. The van der Waals surface area contributed by atoms with Gasteiger partial charge in [-0.1, -0.05) is 26.5 Å². The van der Waals surface area contributed by atoms with Gasteiger partial charge in [0.1, 0.15) is 0 Å². The molecular formula is C22H31N3O3. The van der Waals surface area contributed by atoms with Crippen molar-refractivity contribution in [2.75, 3.05) is 50.8 Å². The summed E-state index contributed by atoms with van der Waals surface area (Å²) >= 11 is 0. The fraction of sp³-hybridized carbons (Fsp3) is 0.545. The Morgan fingerprint density at radius 1 is 1.18 bits per heavy atom. The number of hydrogen-bond acceptors (Lipinski definition) is 4. The lowest BCUT2D eigenvalue weighted by Crippen LogP contribution is -2.58. The van der Waals surface area contributed by atoms with E-state index in [1.54, 1.807) is 0 Å². The number of anilines is 1. The second-order valence-corrected chi connectivity index (χ2v) is 7.85. The van der Waals surface area contributed by atoms with Crippen molar-refractivity contribution < 1.29 is 14.3 Å². The average Bonchev–Trinajstić information content (AvgIpc) is 2.73. The highest BCUT2D eigenvalue weighted by Gasteiger charge is 2.34. The minimum atomic E-state index is -0.0590. The normalized spacial score (nSPS) is 20.4. The third kappa shape index (κ3) is 4.07. The maximum atomic E-state index is 13.3. The number of ether oxygens (including phenoxy) is 1. The number of morpholine rings is 1. The standard InChI is InChI=1S/C22H31N3O3/c1-5-21(26)25-10-9-24(15-20(25)16(2)3)22(27)18-7-6-8-19(17(18)4)23-11-13-28-14-12-23/h5-8,16,20H,1,9-15H2,2-4H3/t20-/m1/s1. The lowest BCUT2D eigenvalue weighted by Gasteiger charge is -2.43. The van der Waals surface area contributed by atoms with Gasteiger partial charge >= 0.3 is 0 Å².